The normalized spacial score (nSPS) is 16.8. The predicted octanol–water partition coefficient (Wildman–Crippen LogP) is 0.419. The van der Waals surface area contributed by atoms with Gasteiger partial charge in [-0.25, -0.2) is 5.01 Å². The van der Waals surface area contributed by atoms with Crippen LogP contribution in [0.1, 0.15) is 19.3 Å². The second-order valence-corrected chi connectivity index (χ2v) is 7.02. The van der Waals surface area contributed by atoms with E-state index in [9.17, 15) is 0 Å². The van der Waals surface area contributed by atoms with Gasteiger partial charge < -0.3 is 14.5 Å². The van der Waals surface area contributed by atoms with Crippen LogP contribution in [0.2, 0.25) is 0 Å². The van der Waals surface area contributed by atoms with Crippen molar-refractivity contribution in [1.29, 1.82) is 0 Å². The summed E-state index contributed by atoms with van der Waals surface area (Å²) in [7, 11) is 8.56. The van der Waals surface area contributed by atoms with Gasteiger partial charge in [0.1, 0.15) is 0 Å². The molecule has 0 aliphatic carbocycles. The number of hydrazine groups is 1. The number of ether oxygens (including phenoxy) is 1. The fourth-order valence-corrected chi connectivity index (χ4v) is 2.79. The Balaban J connectivity index is 2.18. The van der Waals surface area contributed by atoms with Gasteiger partial charge in [0.25, 0.3) is 0 Å². The van der Waals surface area contributed by atoms with Gasteiger partial charge in [-0.2, -0.15) is 0 Å². The zero-order valence-corrected chi connectivity index (χ0v) is 15.9. The molecule has 6 nitrogen and oxygen atoms in total. The molecule has 0 radical (unpaired) electrons. The number of rotatable bonds is 13. The summed E-state index contributed by atoms with van der Waals surface area (Å²) < 4.78 is 5.41. The standard InChI is InChI=1S/C17H39N5O/c1-19(2)9-5-8-18-22(12-6-10-20(3)4)13-7-11-21-14-16-23-17-15-21/h18H,5-17H2,1-4H3. The third kappa shape index (κ3) is 11.9. The van der Waals surface area contributed by atoms with Gasteiger partial charge in [0.05, 0.1) is 13.2 Å². The molecule has 1 aliphatic rings. The first kappa shape index (κ1) is 20.8. The average molecular weight is 330 g/mol. The summed E-state index contributed by atoms with van der Waals surface area (Å²) in [4.78, 5) is 7.03. The topological polar surface area (TPSA) is 34.2 Å². The molecule has 6 heteroatoms. The van der Waals surface area contributed by atoms with Gasteiger partial charge >= 0.3 is 0 Å². The van der Waals surface area contributed by atoms with E-state index in [4.69, 9.17) is 4.74 Å². The summed E-state index contributed by atoms with van der Waals surface area (Å²) in [6.07, 6.45) is 3.63. The summed E-state index contributed by atoms with van der Waals surface area (Å²) in [5.74, 6) is 0. The van der Waals surface area contributed by atoms with E-state index in [1.54, 1.807) is 0 Å². The molecule has 0 unspecified atom stereocenters. The van der Waals surface area contributed by atoms with Crippen LogP contribution >= 0.6 is 0 Å². The smallest absolute Gasteiger partial charge is 0.0594 e. The fraction of sp³-hybridized carbons (Fsp3) is 1.00. The van der Waals surface area contributed by atoms with Gasteiger partial charge in [0, 0.05) is 32.7 Å². The van der Waals surface area contributed by atoms with Crippen LogP contribution in [0.15, 0.2) is 0 Å². The van der Waals surface area contributed by atoms with Crippen molar-refractivity contribution in [3.8, 4) is 0 Å². The second kappa shape index (κ2) is 13.1. The van der Waals surface area contributed by atoms with E-state index in [2.05, 4.69) is 53.3 Å². The monoisotopic (exact) mass is 329 g/mol. The van der Waals surface area contributed by atoms with Crippen molar-refractivity contribution in [1.82, 2.24) is 25.1 Å². The molecule has 1 rings (SSSR count). The Hall–Kier alpha value is -0.240. The lowest BCUT2D eigenvalue weighted by Crippen LogP contribution is -2.43. The molecule has 0 bridgehead atoms. The van der Waals surface area contributed by atoms with Crippen molar-refractivity contribution in [3.05, 3.63) is 0 Å². The molecule has 0 aromatic rings. The highest BCUT2D eigenvalue weighted by Crippen LogP contribution is 2.00. The first-order valence-corrected chi connectivity index (χ1v) is 9.16. The Kier molecular flexibility index (Phi) is 11.8. The van der Waals surface area contributed by atoms with Crippen LogP contribution < -0.4 is 5.43 Å². The zero-order chi connectivity index (χ0) is 16.9. The largest absolute Gasteiger partial charge is 0.379 e. The van der Waals surface area contributed by atoms with Crippen molar-refractivity contribution in [2.75, 3.05) is 93.8 Å². The van der Waals surface area contributed by atoms with Crippen LogP contribution in [0, 0.1) is 0 Å². The first-order chi connectivity index (χ1) is 11.1. The van der Waals surface area contributed by atoms with Crippen LogP contribution in [-0.4, -0.2) is 113 Å². The minimum atomic E-state index is 0.898. The Morgan fingerprint density at radius 3 is 2.09 bits per heavy atom. The molecule has 138 valence electrons. The summed E-state index contributed by atoms with van der Waals surface area (Å²) >= 11 is 0. The zero-order valence-electron chi connectivity index (χ0n) is 15.9. The van der Waals surface area contributed by atoms with Crippen LogP contribution in [0.3, 0.4) is 0 Å². The maximum Gasteiger partial charge on any atom is 0.0594 e. The number of nitrogens with zero attached hydrogens (tertiary/aromatic N) is 4. The first-order valence-electron chi connectivity index (χ1n) is 9.16. The molecule has 1 aliphatic heterocycles. The van der Waals surface area contributed by atoms with Crippen molar-refractivity contribution in [2.45, 2.75) is 19.3 Å². The van der Waals surface area contributed by atoms with E-state index in [0.29, 0.717) is 0 Å². The Morgan fingerprint density at radius 1 is 0.826 bits per heavy atom. The molecule has 0 saturated carbocycles. The van der Waals surface area contributed by atoms with E-state index >= 15 is 0 Å². The number of hydrogen-bond acceptors (Lipinski definition) is 6. The molecule has 0 atom stereocenters. The van der Waals surface area contributed by atoms with Crippen LogP contribution in [0.5, 0.6) is 0 Å². The van der Waals surface area contributed by atoms with Crippen LogP contribution in [0.25, 0.3) is 0 Å². The lowest BCUT2D eigenvalue weighted by Gasteiger charge is -2.29. The lowest BCUT2D eigenvalue weighted by atomic mass is 10.3. The number of nitrogens with one attached hydrogen (secondary N) is 1. The maximum atomic E-state index is 5.41. The Bertz CT molecular complexity index is 270. The summed E-state index contributed by atoms with van der Waals surface area (Å²) in [5, 5.41) is 2.43. The molecule has 0 aromatic carbocycles. The van der Waals surface area contributed by atoms with Crippen molar-refractivity contribution >= 4 is 0 Å². The molecule has 1 saturated heterocycles. The Morgan fingerprint density at radius 2 is 1.43 bits per heavy atom. The molecule has 1 fully saturated rings. The van der Waals surface area contributed by atoms with Gasteiger partial charge in [-0.15, -0.1) is 0 Å². The Labute approximate surface area is 143 Å². The van der Waals surface area contributed by atoms with Crippen LogP contribution in [-0.2, 0) is 4.74 Å². The molecule has 0 spiro atoms. The predicted molar refractivity (Wildman–Crippen MR) is 97.8 cm³/mol. The van der Waals surface area contributed by atoms with Gasteiger partial charge in [0.15, 0.2) is 0 Å². The highest BCUT2D eigenvalue weighted by molar-refractivity contribution is 4.64. The van der Waals surface area contributed by atoms with Crippen LogP contribution in [0.4, 0.5) is 0 Å². The lowest BCUT2D eigenvalue weighted by molar-refractivity contribution is 0.0350. The molecular formula is C17H39N5O. The average Bonchev–Trinajstić information content (AvgIpc) is 2.51. The molecular weight excluding hydrogens is 290 g/mol. The number of hydrogen-bond donors (Lipinski definition) is 1. The van der Waals surface area contributed by atoms with E-state index < -0.39 is 0 Å². The molecule has 1 heterocycles. The van der Waals surface area contributed by atoms with Gasteiger partial charge in [-0.05, 0) is 67.1 Å². The molecule has 0 amide bonds. The van der Waals surface area contributed by atoms with Crippen molar-refractivity contribution < 1.29 is 4.74 Å². The molecule has 0 aromatic heterocycles. The minimum absolute atomic E-state index is 0.898. The van der Waals surface area contributed by atoms with E-state index in [0.717, 1.165) is 59.0 Å². The summed E-state index contributed by atoms with van der Waals surface area (Å²) in [6.45, 7) is 10.8. The van der Waals surface area contributed by atoms with Gasteiger partial charge in [0.2, 0.25) is 0 Å². The van der Waals surface area contributed by atoms with Crippen molar-refractivity contribution in [3.63, 3.8) is 0 Å². The molecule has 23 heavy (non-hydrogen) atoms. The quantitative estimate of drug-likeness (QED) is 0.390. The minimum Gasteiger partial charge on any atom is -0.379 e. The number of morpholine rings is 1. The third-order valence-electron chi connectivity index (χ3n) is 4.16. The van der Waals surface area contributed by atoms with E-state index in [-0.39, 0.29) is 0 Å². The van der Waals surface area contributed by atoms with Crippen molar-refractivity contribution in [2.24, 2.45) is 0 Å². The highest BCUT2D eigenvalue weighted by Gasteiger charge is 2.11. The summed E-state index contributed by atoms with van der Waals surface area (Å²) in [6, 6.07) is 0. The SMILES string of the molecule is CN(C)CCCNN(CCCN(C)C)CCCN1CCOCC1. The van der Waals surface area contributed by atoms with Gasteiger partial charge in [-0.1, -0.05) is 0 Å². The van der Waals surface area contributed by atoms with Gasteiger partial charge in [-0.3, -0.25) is 10.3 Å². The van der Waals surface area contributed by atoms with E-state index in [1.807, 2.05) is 0 Å². The second-order valence-electron chi connectivity index (χ2n) is 7.02. The van der Waals surface area contributed by atoms with E-state index in [1.165, 1.54) is 25.8 Å². The highest BCUT2D eigenvalue weighted by atomic mass is 16.5. The molecule has 1 N–H and O–H groups in total. The fourth-order valence-electron chi connectivity index (χ4n) is 2.79. The third-order valence-corrected chi connectivity index (χ3v) is 4.16. The summed E-state index contributed by atoms with van der Waals surface area (Å²) in [5.41, 5.74) is 3.63. The maximum absolute atomic E-state index is 5.41.